The minimum atomic E-state index is 0.0518. The van der Waals surface area contributed by atoms with E-state index in [4.69, 9.17) is 23.2 Å². The molecule has 1 saturated heterocycles. The van der Waals surface area contributed by atoms with Gasteiger partial charge < -0.3 is 10.2 Å². The lowest BCUT2D eigenvalue weighted by molar-refractivity contribution is 0.0725. The molecule has 23 heavy (non-hydrogen) atoms. The lowest BCUT2D eigenvalue weighted by Gasteiger charge is -2.27. The van der Waals surface area contributed by atoms with E-state index >= 15 is 0 Å². The molecule has 1 heterocycles. The van der Waals surface area contributed by atoms with Crippen LogP contribution in [0.1, 0.15) is 29.6 Å². The first kappa shape index (κ1) is 16.2. The number of carbonyl (C=O) groups is 1. The third kappa shape index (κ3) is 3.62. The van der Waals surface area contributed by atoms with Crippen molar-refractivity contribution in [1.82, 2.24) is 4.90 Å². The predicted octanol–water partition coefficient (Wildman–Crippen LogP) is 5.36. The maximum absolute atomic E-state index is 12.8. The van der Waals surface area contributed by atoms with E-state index in [-0.39, 0.29) is 5.91 Å². The van der Waals surface area contributed by atoms with Gasteiger partial charge in [-0.2, -0.15) is 0 Å². The van der Waals surface area contributed by atoms with Crippen LogP contribution in [0.15, 0.2) is 42.5 Å². The summed E-state index contributed by atoms with van der Waals surface area (Å²) in [6, 6.07) is 12.8. The highest BCUT2D eigenvalue weighted by Gasteiger charge is 2.21. The number of carbonyl (C=O) groups excluding carboxylic acids is 1. The fourth-order valence-electron chi connectivity index (χ4n) is 2.80. The van der Waals surface area contributed by atoms with E-state index in [9.17, 15) is 4.79 Å². The largest absolute Gasteiger partial charge is 0.352 e. The van der Waals surface area contributed by atoms with Crippen LogP contribution in [0.25, 0.3) is 0 Å². The van der Waals surface area contributed by atoms with Crippen LogP contribution in [0.4, 0.5) is 11.4 Å². The van der Waals surface area contributed by atoms with E-state index in [1.165, 1.54) is 6.42 Å². The van der Waals surface area contributed by atoms with Crippen molar-refractivity contribution in [2.45, 2.75) is 19.3 Å². The molecule has 0 bridgehead atoms. The van der Waals surface area contributed by atoms with Gasteiger partial charge in [-0.3, -0.25) is 4.79 Å². The molecule has 0 aromatic heterocycles. The molecule has 0 radical (unpaired) electrons. The Kier molecular flexibility index (Phi) is 5.09. The third-order valence-electron chi connectivity index (χ3n) is 4.02. The minimum Gasteiger partial charge on any atom is -0.352 e. The molecule has 1 amide bonds. The molecular formula is C18H18Cl2N2O. The van der Waals surface area contributed by atoms with E-state index < -0.39 is 0 Å². The maximum atomic E-state index is 12.8. The zero-order valence-electron chi connectivity index (χ0n) is 12.7. The number of rotatable bonds is 3. The highest BCUT2D eigenvalue weighted by Crippen LogP contribution is 2.34. The van der Waals surface area contributed by atoms with Gasteiger partial charge in [0.2, 0.25) is 0 Å². The number of para-hydroxylation sites is 2. The molecule has 0 saturated carbocycles. The number of likely N-dealkylation sites (tertiary alicyclic amines) is 1. The molecular weight excluding hydrogens is 331 g/mol. The summed E-state index contributed by atoms with van der Waals surface area (Å²) < 4.78 is 0. The van der Waals surface area contributed by atoms with Gasteiger partial charge >= 0.3 is 0 Å². The monoisotopic (exact) mass is 348 g/mol. The second-order valence-electron chi connectivity index (χ2n) is 5.62. The van der Waals surface area contributed by atoms with Crippen molar-refractivity contribution in [2.24, 2.45) is 0 Å². The number of benzene rings is 2. The van der Waals surface area contributed by atoms with Gasteiger partial charge in [-0.25, -0.2) is 0 Å². The van der Waals surface area contributed by atoms with Gasteiger partial charge in [-0.05, 0) is 43.5 Å². The number of nitrogens with one attached hydrogen (secondary N) is 1. The molecule has 1 N–H and O–H groups in total. The fraction of sp³-hybridized carbons (Fsp3) is 0.278. The first-order chi connectivity index (χ1) is 11.2. The average Bonchev–Trinajstić information content (AvgIpc) is 2.59. The van der Waals surface area contributed by atoms with Crippen LogP contribution in [-0.2, 0) is 0 Å². The van der Waals surface area contributed by atoms with Crippen LogP contribution in [0.5, 0.6) is 0 Å². The Morgan fingerprint density at radius 3 is 2.26 bits per heavy atom. The number of amides is 1. The molecule has 2 aromatic rings. The second-order valence-corrected chi connectivity index (χ2v) is 6.43. The van der Waals surface area contributed by atoms with Crippen molar-refractivity contribution in [3.8, 4) is 0 Å². The molecule has 3 nitrogen and oxygen atoms in total. The van der Waals surface area contributed by atoms with Gasteiger partial charge in [0.1, 0.15) is 0 Å². The molecule has 1 aliphatic heterocycles. The van der Waals surface area contributed by atoms with Gasteiger partial charge in [0.15, 0.2) is 0 Å². The molecule has 1 fully saturated rings. The Labute approximate surface area is 146 Å². The molecule has 0 atom stereocenters. The molecule has 5 heteroatoms. The van der Waals surface area contributed by atoms with Crippen molar-refractivity contribution in [1.29, 1.82) is 0 Å². The highest BCUT2D eigenvalue weighted by molar-refractivity contribution is 6.39. The summed E-state index contributed by atoms with van der Waals surface area (Å²) in [5, 5.41) is 4.27. The number of hydrogen-bond acceptors (Lipinski definition) is 2. The van der Waals surface area contributed by atoms with Crippen molar-refractivity contribution >= 4 is 40.5 Å². The molecule has 0 unspecified atom stereocenters. The van der Waals surface area contributed by atoms with E-state index in [1.54, 1.807) is 18.2 Å². The molecule has 2 aromatic carbocycles. The number of anilines is 2. The summed E-state index contributed by atoms with van der Waals surface area (Å²) in [7, 11) is 0. The topological polar surface area (TPSA) is 32.3 Å². The summed E-state index contributed by atoms with van der Waals surface area (Å²) in [6.07, 6.45) is 3.33. The zero-order chi connectivity index (χ0) is 16.2. The average molecular weight is 349 g/mol. The van der Waals surface area contributed by atoms with Gasteiger partial charge in [0.05, 0.1) is 27.0 Å². The van der Waals surface area contributed by atoms with Gasteiger partial charge in [-0.15, -0.1) is 0 Å². The standard InChI is InChI=1S/C18H18Cl2N2O/c19-14-8-6-9-15(20)17(14)21-16-10-3-2-7-13(16)18(23)22-11-4-1-5-12-22/h2-3,6-10,21H,1,4-5,11-12H2. The van der Waals surface area contributed by atoms with Crippen molar-refractivity contribution in [3.05, 3.63) is 58.1 Å². The van der Waals surface area contributed by atoms with Crippen molar-refractivity contribution in [2.75, 3.05) is 18.4 Å². The summed E-state index contributed by atoms with van der Waals surface area (Å²) in [5.41, 5.74) is 1.98. The summed E-state index contributed by atoms with van der Waals surface area (Å²) >= 11 is 12.4. The Morgan fingerprint density at radius 1 is 0.913 bits per heavy atom. The van der Waals surface area contributed by atoms with E-state index in [2.05, 4.69) is 5.32 Å². The van der Waals surface area contributed by atoms with Crippen molar-refractivity contribution in [3.63, 3.8) is 0 Å². The Morgan fingerprint density at radius 2 is 1.57 bits per heavy atom. The van der Waals surface area contributed by atoms with E-state index in [0.29, 0.717) is 21.3 Å². The summed E-state index contributed by atoms with van der Waals surface area (Å²) in [5.74, 6) is 0.0518. The molecule has 0 spiro atoms. The predicted molar refractivity (Wildman–Crippen MR) is 95.9 cm³/mol. The normalized spacial score (nSPS) is 14.6. The molecule has 1 aliphatic rings. The van der Waals surface area contributed by atoms with E-state index in [0.717, 1.165) is 31.6 Å². The third-order valence-corrected chi connectivity index (χ3v) is 4.65. The van der Waals surface area contributed by atoms with E-state index in [1.807, 2.05) is 29.2 Å². The number of halogens is 2. The highest BCUT2D eigenvalue weighted by atomic mass is 35.5. The second kappa shape index (κ2) is 7.24. The smallest absolute Gasteiger partial charge is 0.255 e. The van der Waals surface area contributed by atoms with Crippen LogP contribution in [0.2, 0.25) is 10.0 Å². The Bertz CT molecular complexity index is 692. The molecule has 120 valence electrons. The Balaban J connectivity index is 1.90. The first-order valence-electron chi connectivity index (χ1n) is 7.76. The number of hydrogen-bond donors (Lipinski definition) is 1. The van der Waals surface area contributed by atoms with Crippen molar-refractivity contribution < 1.29 is 4.79 Å². The first-order valence-corrected chi connectivity index (χ1v) is 8.52. The Hall–Kier alpha value is -1.71. The van der Waals surface area contributed by atoms with Crippen LogP contribution in [0, 0.1) is 0 Å². The molecule has 0 aliphatic carbocycles. The van der Waals surface area contributed by atoms with Crippen LogP contribution in [-0.4, -0.2) is 23.9 Å². The number of piperidine rings is 1. The number of nitrogens with zero attached hydrogens (tertiary/aromatic N) is 1. The van der Waals surface area contributed by atoms with Crippen LogP contribution in [0.3, 0.4) is 0 Å². The lowest BCUT2D eigenvalue weighted by atomic mass is 10.1. The summed E-state index contributed by atoms with van der Waals surface area (Å²) in [4.78, 5) is 14.7. The fourth-order valence-corrected chi connectivity index (χ4v) is 3.29. The quantitative estimate of drug-likeness (QED) is 0.809. The molecule has 3 rings (SSSR count). The minimum absolute atomic E-state index is 0.0518. The maximum Gasteiger partial charge on any atom is 0.255 e. The van der Waals surface area contributed by atoms with Crippen LogP contribution >= 0.6 is 23.2 Å². The SMILES string of the molecule is O=C(c1ccccc1Nc1c(Cl)cccc1Cl)N1CCCCC1. The zero-order valence-corrected chi connectivity index (χ0v) is 14.2. The van der Waals surface area contributed by atoms with Gasteiger partial charge in [-0.1, -0.05) is 41.4 Å². The van der Waals surface area contributed by atoms with Crippen LogP contribution < -0.4 is 5.32 Å². The summed E-state index contributed by atoms with van der Waals surface area (Å²) in [6.45, 7) is 1.64. The lowest BCUT2D eigenvalue weighted by Crippen LogP contribution is -2.35. The van der Waals surface area contributed by atoms with Gasteiger partial charge in [0.25, 0.3) is 5.91 Å². The van der Waals surface area contributed by atoms with Gasteiger partial charge in [0, 0.05) is 13.1 Å².